The summed E-state index contributed by atoms with van der Waals surface area (Å²) in [5.74, 6) is -1.20. The van der Waals surface area contributed by atoms with E-state index in [0.29, 0.717) is 27.5 Å². The van der Waals surface area contributed by atoms with Gasteiger partial charge in [0.1, 0.15) is 17.2 Å². The lowest BCUT2D eigenvalue weighted by Gasteiger charge is -2.18. The van der Waals surface area contributed by atoms with Crippen LogP contribution in [0.2, 0.25) is 5.02 Å². The van der Waals surface area contributed by atoms with Gasteiger partial charge in [-0.15, -0.1) is 12.4 Å². The molecule has 5 rings (SSSR count). The minimum Gasteiger partial charge on any atom is -0.435 e. The number of hydrogen-bond acceptors (Lipinski definition) is 4. The third kappa shape index (κ3) is 4.07. The smallest absolute Gasteiger partial charge is 0.387 e. The molecule has 0 amide bonds. The highest BCUT2D eigenvalue weighted by Crippen LogP contribution is 2.47. The summed E-state index contributed by atoms with van der Waals surface area (Å²) in [6, 6.07) is 8.28. The number of fused-ring (bicyclic) bond motifs is 3. The standard InChI is InChI=1S/C22H15ClF3N3O3.ClH/c23-11-2-3-17(32-22(25)26)12(5-11)13-6-16(30)20-21(13)29-9-14(15(24)7-18(29)28-20)10-1-4-19(31)27-8-10;/h1-5,7-9,13,16,22,30H,6H2,(H,27,31);1H/t13-,16-;/m1./s1. The maximum absolute atomic E-state index is 14.8. The summed E-state index contributed by atoms with van der Waals surface area (Å²) < 4.78 is 47.1. The fourth-order valence-corrected chi connectivity index (χ4v) is 4.38. The van der Waals surface area contributed by atoms with Crippen LogP contribution in [0.15, 0.2) is 53.6 Å². The van der Waals surface area contributed by atoms with Crippen LogP contribution in [0.5, 0.6) is 5.75 Å². The van der Waals surface area contributed by atoms with E-state index in [-0.39, 0.29) is 41.3 Å². The SMILES string of the molecule is Cl.O=c1ccc(-c2cn3c4c(nc3cc2F)[C@H](O)C[C@@H]4c2cc(Cl)ccc2OC(F)F)c[nH]1. The Morgan fingerprint density at radius 3 is 2.73 bits per heavy atom. The molecular formula is C22H16Cl2F3N3O3. The molecule has 1 aliphatic carbocycles. The second-order valence-corrected chi connectivity index (χ2v) is 7.89. The van der Waals surface area contributed by atoms with Crippen molar-refractivity contribution in [3.05, 3.63) is 86.9 Å². The molecule has 0 saturated heterocycles. The van der Waals surface area contributed by atoms with Crippen molar-refractivity contribution >= 4 is 29.7 Å². The number of pyridine rings is 2. The van der Waals surface area contributed by atoms with Gasteiger partial charge in [0.25, 0.3) is 0 Å². The zero-order chi connectivity index (χ0) is 22.6. The molecule has 0 radical (unpaired) electrons. The molecule has 1 aliphatic rings. The van der Waals surface area contributed by atoms with E-state index < -0.39 is 24.5 Å². The number of aliphatic hydroxyl groups is 1. The monoisotopic (exact) mass is 497 g/mol. The van der Waals surface area contributed by atoms with Gasteiger partial charge in [-0.3, -0.25) is 4.79 Å². The van der Waals surface area contributed by atoms with Gasteiger partial charge in [0, 0.05) is 52.2 Å². The number of nitrogens with one attached hydrogen (secondary N) is 1. The van der Waals surface area contributed by atoms with Crippen LogP contribution in [0, 0.1) is 5.82 Å². The molecule has 0 fully saturated rings. The maximum atomic E-state index is 14.8. The molecule has 33 heavy (non-hydrogen) atoms. The van der Waals surface area contributed by atoms with Crippen molar-refractivity contribution in [3.63, 3.8) is 0 Å². The van der Waals surface area contributed by atoms with Gasteiger partial charge in [-0.1, -0.05) is 11.6 Å². The quantitative estimate of drug-likeness (QED) is 0.412. The lowest BCUT2D eigenvalue weighted by atomic mass is 9.95. The summed E-state index contributed by atoms with van der Waals surface area (Å²) in [5, 5.41) is 10.9. The van der Waals surface area contributed by atoms with Crippen molar-refractivity contribution in [3.8, 4) is 16.9 Å². The number of imidazole rings is 1. The Kier molecular flexibility index (Phi) is 6.13. The van der Waals surface area contributed by atoms with E-state index in [0.717, 1.165) is 0 Å². The lowest BCUT2D eigenvalue weighted by Crippen LogP contribution is -2.09. The van der Waals surface area contributed by atoms with Gasteiger partial charge in [0.15, 0.2) is 0 Å². The van der Waals surface area contributed by atoms with Gasteiger partial charge in [-0.05, 0) is 30.7 Å². The number of ether oxygens (including phenoxy) is 1. The molecule has 0 spiro atoms. The second-order valence-electron chi connectivity index (χ2n) is 7.45. The van der Waals surface area contributed by atoms with Crippen LogP contribution in [0.3, 0.4) is 0 Å². The van der Waals surface area contributed by atoms with Crippen molar-refractivity contribution in [2.45, 2.75) is 25.1 Å². The first kappa shape index (κ1) is 23.2. The highest BCUT2D eigenvalue weighted by molar-refractivity contribution is 6.30. The Hall–Kier alpha value is -3.01. The first-order valence-corrected chi connectivity index (χ1v) is 10.0. The lowest BCUT2D eigenvalue weighted by molar-refractivity contribution is -0.0506. The van der Waals surface area contributed by atoms with Crippen molar-refractivity contribution in [1.29, 1.82) is 0 Å². The van der Waals surface area contributed by atoms with Crippen molar-refractivity contribution in [2.75, 3.05) is 0 Å². The van der Waals surface area contributed by atoms with Gasteiger partial charge < -0.3 is 19.2 Å². The molecule has 1 aromatic carbocycles. The van der Waals surface area contributed by atoms with Gasteiger partial charge >= 0.3 is 6.61 Å². The van der Waals surface area contributed by atoms with Gasteiger partial charge in [-0.2, -0.15) is 8.78 Å². The van der Waals surface area contributed by atoms with Gasteiger partial charge in [0.2, 0.25) is 5.56 Å². The number of aliphatic hydroxyl groups excluding tert-OH is 1. The van der Waals surface area contributed by atoms with Crippen LogP contribution in [-0.4, -0.2) is 26.1 Å². The predicted molar refractivity (Wildman–Crippen MR) is 118 cm³/mol. The van der Waals surface area contributed by atoms with E-state index in [1.54, 1.807) is 4.40 Å². The largest absolute Gasteiger partial charge is 0.435 e. The number of rotatable bonds is 4. The van der Waals surface area contributed by atoms with Crippen molar-refractivity contribution in [1.82, 2.24) is 14.4 Å². The number of halogens is 5. The number of aromatic amines is 1. The third-order valence-corrected chi connectivity index (χ3v) is 5.77. The number of hydrogen-bond donors (Lipinski definition) is 2. The minimum atomic E-state index is -3.04. The number of H-pyrrole nitrogens is 1. The zero-order valence-electron chi connectivity index (χ0n) is 16.6. The number of nitrogens with zero attached hydrogens (tertiary/aromatic N) is 2. The summed E-state index contributed by atoms with van der Waals surface area (Å²) in [7, 11) is 0. The number of aromatic nitrogens is 3. The fraction of sp³-hybridized carbons (Fsp3) is 0.182. The minimum absolute atomic E-state index is 0. The van der Waals surface area contributed by atoms with Crippen LogP contribution >= 0.6 is 24.0 Å². The first-order valence-electron chi connectivity index (χ1n) is 9.64. The Morgan fingerprint density at radius 1 is 1.24 bits per heavy atom. The molecular weight excluding hydrogens is 482 g/mol. The highest BCUT2D eigenvalue weighted by Gasteiger charge is 2.37. The van der Waals surface area contributed by atoms with Crippen molar-refractivity contribution < 1.29 is 23.0 Å². The van der Waals surface area contributed by atoms with Gasteiger partial charge in [-0.25, -0.2) is 9.37 Å². The normalized spacial score (nSPS) is 17.3. The Balaban J connectivity index is 0.00000259. The molecule has 2 N–H and O–H groups in total. The summed E-state index contributed by atoms with van der Waals surface area (Å²) in [5.41, 5.74) is 1.79. The molecule has 3 aromatic heterocycles. The summed E-state index contributed by atoms with van der Waals surface area (Å²) in [6.07, 6.45) is 2.09. The van der Waals surface area contributed by atoms with Crippen LogP contribution in [-0.2, 0) is 0 Å². The Labute approximate surface area is 196 Å². The van der Waals surface area contributed by atoms with E-state index in [9.17, 15) is 23.1 Å². The van der Waals surface area contributed by atoms with Crippen molar-refractivity contribution in [2.24, 2.45) is 0 Å². The third-order valence-electron chi connectivity index (χ3n) is 5.54. The van der Waals surface area contributed by atoms with Crippen LogP contribution in [0.4, 0.5) is 13.2 Å². The zero-order valence-corrected chi connectivity index (χ0v) is 18.2. The second kappa shape index (κ2) is 8.74. The van der Waals surface area contributed by atoms with Gasteiger partial charge in [0.05, 0.1) is 17.5 Å². The van der Waals surface area contributed by atoms with E-state index in [2.05, 4.69) is 14.7 Å². The average molecular weight is 498 g/mol. The fourth-order valence-electron chi connectivity index (χ4n) is 4.20. The van der Waals surface area contributed by atoms with Crippen LogP contribution in [0.25, 0.3) is 16.8 Å². The molecule has 0 aliphatic heterocycles. The molecule has 0 saturated carbocycles. The number of benzene rings is 1. The molecule has 3 heterocycles. The van der Waals surface area contributed by atoms with Crippen LogP contribution < -0.4 is 10.3 Å². The molecule has 2 atom stereocenters. The van der Waals surface area contributed by atoms with E-state index >= 15 is 0 Å². The first-order chi connectivity index (χ1) is 15.3. The summed E-state index contributed by atoms with van der Waals surface area (Å²) in [6.45, 7) is -3.04. The molecule has 4 aromatic rings. The Morgan fingerprint density at radius 2 is 2.03 bits per heavy atom. The molecule has 0 bridgehead atoms. The molecule has 11 heteroatoms. The molecule has 172 valence electrons. The predicted octanol–water partition coefficient (Wildman–Crippen LogP) is 5.07. The molecule has 6 nitrogen and oxygen atoms in total. The molecule has 0 unspecified atom stereocenters. The topological polar surface area (TPSA) is 79.6 Å². The van der Waals surface area contributed by atoms with E-state index in [1.807, 2.05) is 0 Å². The highest BCUT2D eigenvalue weighted by atomic mass is 35.5. The number of alkyl halides is 2. The summed E-state index contributed by atoms with van der Waals surface area (Å²) in [4.78, 5) is 18.2. The Bertz CT molecular complexity index is 1390. The van der Waals surface area contributed by atoms with E-state index in [4.69, 9.17) is 11.6 Å². The summed E-state index contributed by atoms with van der Waals surface area (Å²) >= 11 is 6.12. The average Bonchev–Trinajstić information content (AvgIpc) is 3.26. The van der Waals surface area contributed by atoms with E-state index in [1.165, 1.54) is 48.8 Å². The van der Waals surface area contributed by atoms with Crippen LogP contribution in [0.1, 0.15) is 35.4 Å². The maximum Gasteiger partial charge on any atom is 0.387 e.